The minimum atomic E-state index is 0. The second-order valence-electron chi connectivity index (χ2n) is 0. The van der Waals surface area contributed by atoms with Gasteiger partial charge in [-0.15, -0.1) is 0 Å². The maximum absolute atomic E-state index is 0. The molecule has 0 aromatic rings. The molecule has 0 amide bonds. The first-order valence-electron chi connectivity index (χ1n) is 0. The second-order valence-corrected chi connectivity index (χ2v) is 0. The van der Waals surface area contributed by atoms with E-state index in [1.165, 1.54) is 0 Å². The van der Waals surface area contributed by atoms with E-state index in [0.717, 1.165) is 0 Å². The Morgan fingerprint density at radius 3 is 1.00 bits per heavy atom. The van der Waals surface area contributed by atoms with Crippen LogP contribution in [0.5, 0.6) is 0 Å². The van der Waals surface area contributed by atoms with Gasteiger partial charge in [-0.1, -0.05) is 0 Å². The quantitative estimate of drug-likeness (QED) is 0.370. The minimum absolute atomic E-state index is 0. The van der Waals surface area contributed by atoms with Crippen LogP contribution in [0.3, 0.4) is 0 Å². The predicted molar refractivity (Wildman–Crippen MR) is 16.9 cm³/mol. The predicted octanol–water partition coefficient (Wildman–Crippen LogP) is -0.328. The minimum Gasteiger partial charge on any atom is -0.153 e. The summed E-state index contributed by atoms with van der Waals surface area (Å²) in [5, 5.41) is 0. The second kappa shape index (κ2) is 22.5. The normalized spacial score (nSPS) is 0. The zero-order valence-electron chi connectivity index (χ0n) is 2.01. The molecule has 27 valence electrons. The average Bonchev–Trinajstić information content (AvgIpc) is 0. The fourth-order valence-electron chi connectivity index (χ4n) is 0. The molecule has 0 nitrogen and oxygen atoms in total. The van der Waals surface area contributed by atoms with Crippen LogP contribution in [0.15, 0.2) is 0 Å². The molecule has 0 saturated carbocycles. The van der Waals surface area contributed by atoms with Gasteiger partial charge in [0.2, 0.25) is 0 Å². The summed E-state index contributed by atoms with van der Waals surface area (Å²) in [7, 11) is 0. The van der Waals surface area contributed by atoms with Crippen LogP contribution < -0.4 is 0 Å². The first kappa shape index (κ1) is 44.2. The zero-order valence-corrected chi connectivity index (χ0v) is 6.42. The number of rotatable bonds is 0. The molecule has 4 heteroatoms. The SMILES string of the molecule is P.[B].[Mo].[Ni]. The first-order chi connectivity index (χ1) is 0. The first-order valence-corrected chi connectivity index (χ1v) is 0. The molecule has 0 bridgehead atoms. The summed E-state index contributed by atoms with van der Waals surface area (Å²) in [5.74, 6) is 0. The van der Waals surface area contributed by atoms with Crippen LogP contribution >= 0.6 is 9.90 Å². The molecule has 0 saturated heterocycles. The molecule has 0 aliphatic carbocycles. The molecule has 0 aliphatic rings. The van der Waals surface area contributed by atoms with E-state index in [2.05, 4.69) is 0 Å². The smallest absolute Gasteiger partial charge is 0 e. The van der Waals surface area contributed by atoms with Crippen molar-refractivity contribution in [3.8, 4) is 0 Å². The Bertz CT molecular complexity index is 8.00. The Labute approximate surface area is 55.9 Å². The molecule has 0 heterocycles. The van der Waals surface area contributed by atoms with Gasteiger partial charge in [0.25, 0.3) is 0 Å². The van der Waals surface area contributed by atoms with Gasteiger partial charge in [0.05, 0.1) is 0 Å². The Morgan fingerprint density at radius 2 is 1.00 bits per heavy atom. The molecule has 0 aromatic heterocycles. The van der Waals surface area contributed by atoms with Gasteiger partial charge in [0.1, 0.15) is 0 Å². The van der Waals surface area contributed by atoms with Crippen LogP contribution in [-0.2, 0) is 37.6 Å². The van der Waals surface area contributed by atoms with Gasteiger partial charge in [0, 0.05) is 46.0 Å². The maximum atomic E-state index is 0. The van der Waals surface area contributed by atoms with Gasteiger partial charge in [-0.3, -0.25) is 0 Å². The van der Waals surface area contributed by atoms with Gasteiger partial charge in [0.15, 0.2) is 0 Å². The third-order valence-electron chi connectivity index (χ3n) is 0. The van der Waals surface area contributed by atoms with Crippen molar-refractivity contribution in [2.24, 2.45) is 0 Å². The Kier molecular flexibility index (Phi) is 248. The van der Waals surface area contributed by atoms with Crippen molar-refractivity contribution in [1.29, 1.82) is 0 Å². The van der Waals surface area contributed by atoms with E-state index in [4.69, 9.17) is 0 Å². The van der Waals surface area contributed by atoms with Crippen molar-refractivity contribution in [3.05, 3.63) is 0 Å². The standard InChI is InChI=1S/B.Mo.Ni.H3P/h;;;1H3. The molecule has 1 unspecified atom stereocenters. The molecule has 0 rings (SSSR count). The summed E-state index contributed by atoms with van der Waals surface area (Å²) in [6.45, 7) is 0. The van der Waals surface area contributed by atoms with E-state index in [-0.39, 0.29) is 55.9 Å². The summed E-state index contributed by atoms with van der Waals surface area (Å²) in [6, 6.07) is 0. The van der Waals surface area contributed by atoms with Crippen molar-refractivity contribution in [2.75, 3.05) is 0 Å². The van der Waals surface area contributed by atoms with Crippen LogP contribution in [-0.4, -0.2) is 8.41 Å². The zero-order chi connectivity index (χ0) is 0. The molecule has 0 aromatic carbocycles. The molecule has 0 aliphatic heterocycles. The molecule has 0 spiro atoms. The topological polar surface area (TPSA) is 0 Å². The average molecular weight is 199 g/mol. The van der Waals surface area contributed by atoms with E-state index in [9.17, 15) is 0 Å². The van der Waals surface area contributed by atoms with Crippen LogP contribution in [0, 0.1) is 0 Å². The van der Waals surface area contributed by atoms with E-state index < -0.39 is 0 Å². The van der Waals surface area contributed by atoms with Gasteiger partial charge in [-0.25, -0.2) is 0 Å². The number of hydrogen-bond acceptors (Lipinski definition) is 0. The summed E-state index contributed by atoms with van der Waals surface area (Å²) < 4.78 is 0. The molecule has 1 atom stereocenters. The monoisotopic (exact) mass is 201 g/mol. The third kappa shape index (κ3) is 9.37. The Morgan fingerprint density at radius 1 is 1.00 bits per heavy atom. The Hall–Kier alpha value is 1.68. The van der Waals surface area contributed by atoms with Crippen LogP contribution in [0.2, 0.25) is 0 Å². The van der Waals surface area contributed by atoms with E-state index in [0.29, 0.717) is 0 Å². The molecule has 3 radical (unpaired) electrons. The third-order valence-corrected chi connectivity index (χ3v) is 0. The van der Waals surface area contributed by atoms with Gasteiger partial charge >= 0.3 is 0 Å². The van der Waals surface area contributed by atoms with Crippen molar-refractivity contribution in [3.63, 3.8) is 0 Å². The van der Waals surface area contributed by atoms with E-state index >= 15 is 0 Å². The van der Waals surface area contributed by atoms with Crippen molar-refractivity contribution in [1.82, 2.24) is 0 Å². The van der Waals surface area contributed by atoms with Crippen molar-refractivity contribution in [2.45, 2.75) is 0 Å². The largest absolute Gasteiger partial charge is 0.153 e. The van der Waals surface area contributed by atoms with Gasteiger partial charge in [-0.05, 0) is 0 Å². The van der Waals surface area contributed by atoms with Gasteiger partial charge in [-0.2, -0.15) is 9.90 Å². The van der Waals surface area contributed by atoms with Crippen LogP contribution in [0.25, 0.3) is 0 Å². The Balaban J connectivity index is 0. The van der Waals surface area contributed by atoms with Crippen LogP contribution in [0.1, 0.15) is 0 Å². The maximum Gasteiger partial charge on any atom is 0 e. The van der Waals surface area contributed by atoms with Crippen molar-refractivity contribution >= 4 is 18.3 Å². The van der Waals surface area contributed by atoms with Crippen LogP contribution in [0.4, 0.5) is 0 Å². The molecular weight excluding hydrogens is 196 g/mol. The number of hydrogen-bond donors (Lipinski definition) is 0. The molecule has 4 heavy (non-hydrogen) atoms. The van der Waals surface area contributed by atoms with E-state index in [1.807, 2.05) is 0 Å². The summed E-state index contributed by atoms with van der Waals surface area (Å²) >= 11 is 0. The fraction of sp³-hybridized carbons (Fsp3) is 0. The molecule has 0 N–H and O–H groups in total. The molecule has 0 fully saturated rings. The molecular formula is H3BMoNiP. The summed E-state index contributed by atoms with van der Waals surface area (Å²) in [6.07, 6.45) is 0. The van der Waals surface area contributed by atoms with Crippen molar-refractivity contribution < 1.29 is 37.6 Å². The summed E-state index contributed by atoms with van der Waals surface area (Å²) in [4.78, 5) is 0. The summed E-state index contributed by atoms with van der Waals surface area (Å²) in [5.41, 5.74) is 0. The fourth-order valence-corrected chi connectivity index (χ4v) is 0. The van der Waals surface area contributed by atoms with Gasteiger partial charge < -0.3 is 0 Å². The van der Waals surface area contributed by atoms with E-state index in [1.54, 1.807) is 0 Å².